The molecule has 0 aliphatic carbocycles. The van der Waals surface area contributed by atoms with Crippen LogP contribution in [0.1, 0.15) is 33.4 Å². The van der Waals surface area contributed by atoms with Crippen molar-refractivity contribution < 1.29 is 14.6 Å². The summed E-state index contributed by atoms with van der Waals surface area (Å²) in [6.07, 6.45) is -0.264. The van der Waals surface area contributed by atoms with Crippen LogP contribution in [-0.4, -0.2) is 40.6 Å². The van der Waals surface area contributed by atoms with Gasteiger partial charge in [0, 0.05) is 19.3 Å². The summed E-state index contributed by atoms with van der Waals surface area (Å²) in [5.41, 5.74) is 3.14. The van der Waals surface area contributed by atoms with Crippen molar-refractivity contribution in [1.29, 1.82) is 0 Å². The first-order valence-corrected chi connectivity index (χ1v) is 8.01. The van der Waals surface area contributed by atoms with Crippen LogP contribution in [0.4, 0.5) is 0 Å². The van der Waals surface area contributed by atoms with Gasteiger partial charge in [0.1, 0.15) is 6.10 Å². The Labute approximate surface area is 133 Å². The maximum atomic E-state index is 12.4. The van der Waals surface area contributed by atoms with Crippen LogP contribution < -0.4 is 5.32 Å². The molecule has 1 amide bonds. The molecule has 1 atom stereocenters. The molecule has 2 aromatic heterocycles. The summed E-state index contributed by atoms with van der Waals surface area (Å²) in [5, 5.41) is 20.0. The minimum absolute atomic E-state index is 0.0462. The third-order valence-electron chi connectivity index (χ3n) is 3.51. The number of hydrogen-bond donors (Lipinski definition) is 2. The summed E-state index contributed by atoms with van der Waals surface area (Å²) < 4.78 is 7.31. The first kappa shape index (κ1) is 16.7. The SMILES string of the molecule is Cc1nn(C)c(C)c1C(=O)NC[C@H](OCCO)c1ccsc1. The molecule has 0 bridgehead atoms. The zero-order chi connectivity index (χ0) is 16.1. The molecule has 0 aromatic carbocycles. The monoisotopic (exact) mass is 323 g/mol. The summed E-state index contributed by atoms with van der Waals surface area (Å²) in [6, 6.07) is 1.96. The number of nitrogens with one attached hydrogen (secondary N) is 1. The fourth-order valence-corrected chi connectivity index (χ4v) is 3.00. The van der Waals surface area contributed by atoms with E-state index >= 15 is 0 Å². The van der Waals surface area contributed by atoms with E-state index in [0.717, 1.165) is 11.3 Å². The number of thiophene rings is 1. The second kappa shape index (κ2) is 7.53. The zero-order valence-electron chi connectivity index (χ0n) is 13.0. The van der Waals surface area contributed by atoms with Gasteiger partial charge in [0.05, 0.1) is 24.5 Å². The van der Waals surface area contributed by atoms with Gasteiger partial charge in [0.15, 0.2) is 0 Å². The predicted octanol–water partition coefficient (Wildman–Crippen LogP) is 1.58. The van der Waals surface area contributed by atoms with E-state index in [9.17, 15) is 4.79 Å². The van der Waals surface area contributed by atoms with Crippen molar-refractivity contribution in [2.75, 3.05) is 19.8 Å². The molecule has 2 heterocycles. The van der Waals surface area contributed by atoms with Crippen LogP contribution in [0.3, 0.4) is 0 Å². The van der Waals surface area contributed by atoms with Gasteiger partial charge >= 0.3 is 0 Å². The van der Waals surface area contributed by atoms with E-state index in [1.807, 2.05) is 37.7 Å². The molecular formula is C15H21N3O3S. The summed E-state index contributed by atoms with van der Waals surface area (Å²) in [5.74, 6) is -0.157. The van der Waals surface area contributed by atoms with Crippen LogP contribution in [0, 0.1) is 13.8 Å². The highest BCUT2D eigenvalue weighted by Gasteiger charge is 2.19. The van der Waals surface area contributed by atoms with E-state index < -0.39 is 0 Å². The lowest BCUT2D eigenvalue weighted by atomic mass is 10.1. The first-order valence-electron chi connectivity index (χ1n) is 7.07. The minimum Gasteiger partial charge on any atom is -0.394 e. The highest BCUT2D eigenvalue weighted by molar-refractivity contribution is 7.07. The molecule has 2 aromatic rings. The Bertz CT molecular complexity index is 622. The molecule has 0 saturated carbocycles. The Hall–Kier alpha value is -1.70. The number of aliphatic hydroxyl groups excluding tert-OH is 1. The van der Waals surface area contributed by atoms with E-state index in [1.54, 1.807) is 16.0 Å². The molecule has 2 rings (SSSR count). The van der Waals surface area contributed by atoms with Crippen molar-refractivity contribution in [3.05, 3.63) is 39.3 Å². The van der Waals surface area contributed by atoms with Crippen LogP contribution in [0.5, 0.6) is 0 Å². The van der Waals surface area contributed by atoms with Crippen molar-refractivity contribution in [2.45, 2.75) is 20.0 Å². The number of aliphatic hydroxyl groups is 1. The smallest absolute Gasteiger partial charge is 0.255 e. The van der Waals surface area contributed by atoms with Gasteiger partial charge in [-0.25, -0.2) is 0 Å². The maximum absolute atomic E-state index is 12.4. The number of carbonyl (C=O) groups excluding carboxylic acids is 1. The number of aryl methyl sites for hydroxylation is 2. The zero-order valence-corrected chi connectivity index (χ0v) is 13.8. The minimum atomic E-state index is -0.264. The highest BCUT2D eigenvalue weighted by Crippen LogP contribution is 2.20. The van der Waals surface area contributed by atoms with E-state index in [-0.39, 0.29) is 25.2 Å². The third kappa shape index (κ3) is 3.73. The molecule has 0 aliphatic rings. The Morgan fingerprint density at radius 3 is 2.86 bits per heavy atom. The largest absolute Gasteiger partial charge is 0.394 e. The number of nitrogens with zero attached hydrogens (tertiary/aromatic N) is 2. The Morgan fingerprint density at radius 2 is 2.32 bits per heavy atom. The normalized spacial score (nSPS) is 12.4. The topological polar surface area (TPSA) is 76.4 Å². The second-order valence-electron chi connectivity index (χ2n) is 5.02. The number of carbonyl (C=O) groups is 1. The molecule has 2 N–H and O–H groups in total. The Kier molecular flexibility index (Phi) is 5.70. The molecule has 0 aliphatic heterocycles. The van der Waals surface area contributed by atoms with Gasteiger partial charge < -0.3 is 15.2 Å². The summed E-state index contributed by atoms with van der Waals surface area (Å²) >= 11 is 1.57. The van der Waals surface area contributed by atoms with Crippen molar-refractivity contribution in [3.63, 3.8) is 0 Å². The fraction of sp³-hybridized carbons (Fsp3) is 0.467. The van der Waals surface area contributed by atoms with Crippen molar-refractivity contribution in [3.8, 4) is 0 Å². The highest BCUT2D eigenvalue weighted by atomic mass is 32.1. The number of amides is 1. The molecule has 120 valence electrons. The van der Waals surface area contributed by atoms with Crippen LogP contribution in [0.2, 0.25) is 0 Å². The van der Waals surface area contributed by atoms with Gasteiger partial charge in [-0.1, -0.05) is 0 Å². The van der Waals surface area contributed by atoms with E-state index in [0.29, 0.717) is 17.8 Å². The van der Waals surface area contributed by atoms with E-state index in [4.69, 9.17) is 9.84 Å². The van der Waals surface area contributed by atoms with Gasteiger partial charge in [0.25, 0.3) is 5.91 Å². The van der Waals surface area contributed by atoms with Crippen molar-refractivity contribution in [2.24, 2.45) is 7.05 Å². The van der Waals surface area contributed by atoms with E-state index in [2.05, 4.69) is 10.4 Å². The molecule has 6 nitrogen and oxygen atoms in total. The van der Waals surface area contributed by atoms with Gasteiger partial charge in [-0.3, -0.25) is 9.48 Å². The molecule has 0 saturated heterocycles. The second-order valence-corrected chi connectivity index (χ2v) is 5.80. The Morgan fingerprint density at radius 1 is 1.55 bits per heavy atom. The lowest BCUT2D eigenvalue weighted by Gasteiger charge is -2.17. The lowest BCUT2D eigenvalue weighted by molar-refractivity contribution is 0.0279. The number of ether oxygens (including phenoxy) is 1. The van der Waals surface area contributed by atoms with Crippen molar-refractivity contribution >= 4 is 17.2 Å². The fourth-order valence-electron chi connectivity index (χ4n) is 2.30. The standard InChI is InChI=1S/C15H21N3O3S/c1-10-14(11(2)18(3)17-10)15(20)16-8-13(21-6-5-19)12-4-7-22-9-12/h4,7,9,13,19H,5-6,8H2,1-3H3,(H,16,20)/t13-/m0/s1. The van der Waals surface area contributed by atoms with Gasteiger partial charge in [0.2, 0.25) is 0 Å². The third-order valence-corrected chi connectivity index (χ3v) is 4.21. The van der Waals surface area contributed by atoms with Gasteiger partial charge in [-0.05, 0) is 36.2 Å². The summed E-state index contributed by atoms with van der Waals surface area (Å²) in [7, 11) is 1.82. The number of rotatable bonds is 7. The first-order chi connectivity index (χ1) is 10.5. The predicted molar refractivity (Wildman–Crippen MR) is 85.1 cm³/mol. The van der Waals surface area contributed by atoms with Crippen molar-refractivity contribution in [1.82, 2.24) is 15.1 Å². The molecule has 7 heteroatoms. The molecule has 0 spiro atoms. The molecule has 0 radical (unpaired) electrons. The summed E-state index contributed by atoms with van der Waals surface area (Å²) in [6.45, 7) is 4.23. The van der Waals surface area contributed by atoms with Crippen LogP contribution in [-0.2, 0) is 11.8 Å². The van der Waals surface area contributed by atoms with E-state index in [1.165, 1.54) is 0 Å². The molecule has 0 unspecified atom stereocenters. The maximum Gasteiger partial charge on any atom is 0.255 e. The lowest BCUT2D eigenvalue weighted by Crippen LogP contribution is -2.30. The van der Waals surface area contributed by atoms with Gasteiger partial charge in [-0.15, -0.1) is 0 Å². The van der Waals surface area contributed by atoms with Crippen LogP contribution in [0.15, 0.2) is 16.8 Å². The number of hydrogen-bond acceptors (Lipinski definition) is 5. The molecule has 0 fully saturated rings. The quantitative estimate of drug-likeness (QED) is 0.811. The number of aromatic nitrogens is 2. The molecule has 22 heavy (non-hydrogen) atoms. The summed E-state index contributed by atoms with van der Waals surface area (Å²) in [4.78, 5) is 12.4. The Balaban J connectivity index is 2.04. The van der Waals surface area contributed by atoms with Gasteiger partial charge in [-0.2, -0.15) is 16.4 Å². The van der Waals surface area contributed by atoms with Crippen LogP contribution >= 0.6 is 11.3 Å². The van der Waals surface area contributed by atoms with Crippen LogP contribution in [0.25, 0.3) is 0 Å². The molecular weight excluding hydrogens is 302 g/mol. The average Bonchev–Trinajstić information content (AvgIpc) is 3.08. The average molecular weight is 323 g/mol.